The standard InChI is InChI=1S/C21H16N4O5/c1-13-18(15(11-22)20(29-13)25-9-5-6-10-25)21(26)28-12-17-23-19(24-30-17)14-7-3-4-8-16(14)27-2/h3-10H,12H2,1-2H3. The van der Waals surface area contributed by atoms with Crippen LogP contribution in [-0.4, -0.2) is 27.8 Å². The van der Waals surface area contributed by atoms with E-state index in [1.54, 1.807) is 55.3 Å². The molecule has 3 heterocycles. The molecule has 3 aromatic heterocycles. The van der Waals surface area contributed by atoms with Crippen molar-refractivity contribution in [2.75, 3.05) is 7.11 Å². The molecule has 0 N–H and O–H groups in total. The normalized spacial score (nSPS) is 10.6. The fraction of sp³-hybridized carbons (Fsp3) is 0.143. The molecule has 0 aliphatic heterocycles. The maximum atomic E-state index is 12.6. The molecule has 4 aromatic rings. The highest BCUT2D eigenvalue weighted by Crippen LogP contribution is 2.28. The summed E-state index contributed by atoms with van der Waals surface area (Å²) in [6.07, 6.45) is 3.43. The van der Waals surface area contributed by atoms with E-state index in [1.807, 2.05) is 18.2 Å². The second-order valence-electron chi connectivity index (χ2n) is 6.20. The van der Waals surface area contributed by atoms with Crippen molar-refractivity contribution in [1.82, 2.24) is 14.7 Å². The van der Waals surface area contributed by atoms with E-state index in [0.717, 1.165) is 0 Å². The summed E-state index contributed by atoms with van der Waals surface area (Å²) in [6.45, 7) is 1.34. The van der Waals surface area contributed by atoms with Gasteiger partial charge in [0.1, 0.15) is 28.7 Å². The van der Waals surface area contributed by atoms with Crippen LogP contribution in [0.5, 0.6) is 5.75 Å². The van der Waals surface area contributed by atoms with Crippen molar-refractivity contribution in [3.8, 4) is 29.1 Å². The van der Waals surface area contributed by atoms with E-state index in [0.29, 0.717) is 17.1 Å². The summed E-state index contributed by atoms with van der Waals surface area (Å²) >= 11 is 0. The number of aryl methyl sites for hydroxylation is 1. The number of methoxy groups -OCH3 is 1. The second-order valence-corrected chi connectivity index (χ2v) is 6.20. The van der Waals surface area contributed by atoms with Crippen LogP contribution in [0.15, 0.2) is 57.7 Å². The Bertz CT molecular complexity index is 1230. The van der Waals surface area contributed by atoms with E-state index in [4.69, 9.17) is 18.4 Å². The maximum Gasteiger partial charge on any atom is 0.343 e. The van der Waals surface area contributed by atoms with Gasteiger partial charge >= 0.3 is 5.97 Å². The number of rotatable bonds is 6. The van der Waals surface area contributed by atoms with Crippen molar-refractivity contribution in [2.45, 2.75) is 13.5 Å². The Kier molecular flexibility index (Phi) is 5.05. The lowest BCUT2D eigenvalue weighted by atomic mass is 10.1. The molecule has 0 bridgehead atoms. The first-order valence-electron chi connectivity index (χ1n) is 8.92. The van der Waals surface area contributed by atoms with Crippen LogP contribution in [0.1, 0.15) is 27.6 Å². The number of hydrogen-bond acceptors (Lipinski definition) is 8. The first kappa shape index (κ1) is 19.0. The Morgan fingerprint density at radius 3 is 2.73 bits per heavy atom. The van der Waals surface area contributed by atoms with Gasteiger partial charge in [-0.15, -0.1) is 0 Å². The van der Waals surface area contributed by atoms with Crippen molar-refractivity contribution in [3.05, 3.63) is 71.6 Å². The molecule has 9 nitrogen and oxygen atoms in total. The molecule has 30 heavy (non-hydrogen) atoms. The number of nitriles is 1. The number of benzene rings is 1. The van der Waals surface area contributed by atoms with E-state index in [-0.39, 0.29) is 35.3 Å². The van der Waals surface area contributed by atoms with E-state index < -0.39 is 5.97 Å². The molecule has 0 aliphatic carbocycles. The second kappa shape index (κ2) is 7.97. The van der Waals surface area contributed by atoms with E-state index >= 15 is 0 Å². The number of aromatic nitrogens is 3. The van der Waals surface area contributed by atoms with Gasteiger partial charge in [-0.1, -0.05) is 17.3 Å². The topological polar surface area (TPSA) is 116 Å². The highest BCUT2D eigenvalue weighted by atomic mass is 16.6. The molecule has 0 atom stereocenters. The quantitative estimate of drug-likeness (QED) is 0.447. The molecule has 9 heteroatoms. The van der Waals surface area contributed by atoms with Crippen molar-refractivity contribution in [1.29, 1.82) is 5.26 Å². The lowest BCUT2D eigenvalue weighted by Crippen LogP contribution is -2.08. The molecule has 0 fully saturated rings. The number of carbonyl (C=O) groups is 1. The van der Waals surface area contributed by atoms with Gasteiger partial charge in [0, 0.05) is 12.4 Å². The first-order valence-corrected chi connectivity index (χ1v) is 8.92. The van der Waals surface area contributed by atoms with Crippen molar-refractivity contribution >= 4 is 5.97 Å². The van der Waals surface area contributed by atoms with Crippen LogP contribution in [0.4, 0.5) is 0 Å². The van der Waals surface area contributed by atoms with Gasteiger partial charge in [0.15, 0.2) is 6.61 Å². The predicted octanol–water partition coefficient (Wildman–Crippen LogP) is 3.67. The van der Waals surface area contributed by atoms with Crippen LogP contribution >= 0.6 is 0 Å². The summed E-state index contributed by atoms with van der Waals surface area (Å²) in [4.78, 5) is 16.9. The van der Waals surface area contributed by atoms with Gasteiger partial charge in [-0.3, -0.25) is 4.57 Å². The van der Waals surface area contributed by atoms with Crippen LogP contribution in [-0.2, 0) is 11.3 Å². The third-order valence-electron chi connectivity index (χ3n) is 4.36. The fourth-order valence-electron chi connectivity index (χ4n) is 2.98. The highest BCUT2D eigenvalue weighted by Gasteiger charge is 2.26. The minimum Gasteiger partial charge on any atom is -0.496 e. The fourth-order valence-corrected chi connectivity index (χ4v) is 2.98. The van der Waals surface area contributed by atoms with Gasteiger partial charge in [0.2, 0.25) is 11.7 Å². The van der Waals surface area contributed by atoms with E-state index in [9.17, 15) is 10.1 Å². The van der Waals surface area contributed by atoms with E-state index in [1.165, 1.54) is 0 Å². The smallest absolute Gasteiger partial charge is 0.343 e. The summed E-state index contributed by atoms with van der Waals surface area (Å²) in [7, 11) is 1.55. The predicted molar refractivity (Wildman–Crippen MR) is 103 cm³/mol. The largest absolute Gasteiger partial charge is 0.496 e. The molecule has 4 rings (SSSR count). The Balaban J connectivity index is 1.53. The SMILES string of the molecule is COc1ccccc1-c1noc(COC(=O)c2c(C)oc(-n3cccc3)c2C#N)n1. The van der Waals surface area contributed by atoms with Crippen LogP contribution in [0.2, 0.25) is 0 Å². The average Bonchev–Trinajstić information content (AvgIpc) is 3.51. The molecular weight excluding hydrogens is 388 g/mol. The minimum atomic E-state index is -0.719. The molecule has 0 saturated heterocycles. The average molecular weight is 404 g/mol. The van der Waals surface area contributed by atoms with Crippen LogP contribution in [0.3, 0.4) is 0 Å². The summed E-state index contributed by atoms with van der Waals surface area (Å²) in [5, 5.41) is 13.4. The van der Waals surface area contributed by atoms with Crippen LogP contribution in [0, 0.1) is 18.3 Å². The zero-order valence-electron chi connectivity index (χ0n) is 16.2. The van der Waals surface area contributed by atoms with Gasteiger partial charge in [-0.2, -0.15) is 10.2 Å². The summed E-state index contributed by atoms with van der Waals surface area (Å²) in [5.41, 5.74) is 0.801. The van der Waals surface area contributed by atoms with Gasteiger partial charge in [0.25, 0.3) is 5.89 Å². The Morgan fingerprint density at radius 2 is 2.00 bits per heavy atom. The van der Waals surface area contributed by atoms with Crippen LogP contribution in [0.25, 0.3) is 17.3 Å². The first-order chi connectivity index (χ1) is 14.6. The lowest BCUT2D eigenvalue weighted by Gasteiger charge is -2.03. The molecule has 0 spiro atoms. The van der Waals surface area contributed by atoms with Gasteiger partial charge < -0.3 is 18.4 Å². The summed E-state index contributed by atoms with van der Waals surface area (Å²) in [6, 6.07) is 12.8. The molecular formula is C21H16N4O5. The van der Waals surface area contributed by atoms with E-state index in [2.05, 4.69) is 10.1 Å². The van der Waals surface area contributed by atoms with Gasteiger partial charge in [-0.05, 0) is 31.2 Å². The highest BCUT2D eigenvalue weighted by molar-refractivity contribution is 5.94. The zero-order chi connectivity index (χ0) is 21.1. The summed E-state index contributed by atoms with van der Waals surface area (Å²) < 4.78 is 23.0. The van der Waals surface area contributed by atoms with Gasteiger partial charge in [-0.25, -0.2) is 4.79 Å². The van der Waals surface area contributed by atoms with Crippen molar-refractivity contribution in [2.24, 2.45) is 0 Å². The minimum absolute atomic E-state index is 0.0608. The molecule has 0 aliphatic rings. The van der Waals surface area contributed by atoms with Crippen molar-refractivity contribution < 1.29 is 23.2 Å². The number of furan rings is 1. The number of hydrogen-bond donors (Lipinski definition) is 0. The maximum absolute atomic E-state index is 12.6. The molecule has 0 radical (unpaired) electrons. The van der Waals surface area contributed by atoms with Crippen molar-refractivity contribution in [3.63, 3.8) is 0 Å². The molecule has 1 aromatic carbocycles. The van der Waals surface area contributed by atoms with Gasteiger partial charge in [0.05, 0.1) is 12.7 Å². The third-order valence-corrected chi connectivity index (χ3v) is 4.36. The molecule has 0 unspecified atom stereocenters. The summed E-state index contributed by atoms with van der Waals surface area (Å²) in [5.74, 6) is 0.819. The number of ether oxygens (including phenoxy) is 2. The zero-order valence-corrected chi connectivity index (χ0v) is 16.2. The number of nitrogens with zero attached hydrogens (tertiary/aromatic N) is 4. The Hall–Kier alpha value is -4.32. The number of para-hydroxylation sites is 1. The third kappa shape index (κ3) is 3.42. The Morgan fingerprint density at radius 1 is 1.23 bits per heavy atom. The molecule has 0 saturated carbocycles. The monoisotopic (exact) mass is 404 g/mol. The number of carbonyl (C=O) groups excluding carboxylic acids is 1. The Labute approximate surface area is 171 Å². The molecule has 150 valence electrons. The molecule has 0 amide bonds. The van der Waals surface area contributed by atoms with Crippen LogP contribution < -0.4 is 4.74 Å². The number of esters is 1. The lowest BCUT2D eigenvalue weighted by molar-refractivity contribution is 0.0427.